The SMILES string of the molecule is S=C(Nc1ccc(Cl)cc1Cl)Nc1ccccc1Sc1ccc(Cl)cc1. The molecule has 0 saturated carbocycles. The molecule has 0 fully saturated rings. The summed E-state index contributed by atoms with van der Waals surface area (Å²) in [4.78, 5) is 2.13. The predicted octanol–water partition coefficient (Wildman–Crippen LogP) is 7.61. The van der Waals surface area contributed by atoms with Crippen LogP contribution in [0.2, 0.25) is 15.1 Å². The third kappa shape index (κ3) is 5.29. The van der Waals surface area contributed by atoms with E-state index in [1.54, 1.807) is 30.0 Å². The van der Waals surface area contributed by atoms with E-state index < -0.39 is 0 Å². The van der Waals surface area contributed by atoms with Crippen molar-refractivity contribution in [1.29, 1.82) is 0 Å². The van der Waals surface area contributed by atoms with Gasteiger partial charge in [-0.2, -0.15) is 0 Å². The number of hydrogen-bond donors (Lipinski definition) is 2. The fraction of sp³-hybridized carbons (Fsp3) is 0. The number of benzene rings is 3. The van der Waals surface area contributed by atoms with Crippen LogP contribution in [0.5, 0.6) is 0 Å². The molecule has 0 atom stereocenters. The van der Waals surface area contributed by atoms with E-state index >= 15 is 0 Å². The van der Waals surface area contributed by atoms with Crippen molar-refractivity contribution in [1.82, 2.24) is 0 Å². The minimum absolute atomic E-state index is 0.443. The van der Waals surface area contributed by atoms with Crippen molar-refractivity contribution in [2.24, 2.45) is 0 Å². The zero-order valence-corrected chi connectivity index (χ0v) is 17.2. The van der Waals surface area contributed by atoms with Crippen molar-refractivity contribution in [3.05, 3.63) is 81.8 Å². The van der Waals surface area contributed by atoms with Crippen molar-refractivity contribution in [2.75, 3.05) is 10.6 Å². The molecule has 0 unspecified atom stereocenters. The summed E-state index contributed by atoms with van der Waals surface area (Å²) in [6.45, 7) is 0. The Morgan fingerprint density at radius 1 is 0.769 bits per heavy atom. The third-order valence-corrected chi connectivity index (χ3v) is 5.44. The maximum Gasteiger partial charge on any atom is 0.175 e. The lowest BCUT2D eigenvalue weighted by Gasteiger charge is -2.14. The molecule has 7 heteroatoms. The number of thiocarbonyl (C=S) groups is 1. The second-order valence-corrected chi connectivity index (χ2v) is 8.06. The monoisotopic (exact) mass is 438 g/mol. The van der Waals surface area contributed by atoms with E-state index in [0.717, 1.165) is 15.5 Å². The molecule has 0 heterocycles. The van der Waals surface area contributed by atoms with E-state index in [9.17, 15) is 0 Å². The Morgan fingerprint density at radius 3 is 2.15 bits per heavy atom. The minimum atomic E-state index is 0.443. The van der Waals surface area contributed by atoms with Crippen LogP contribution in [-0.2, 0) is 0 Å². The van der Waals surface area contributed by atoms with E-state index in [1.807, 2.05) is 48.5 Å². The average Bonchev–Trinajstić information content (AvgIpc) is 2.61. The summed E-state index contributed by atoms with van der Waals surface area (Å²) < 4.78 is 0. The van der Waals surface area contributed by atoms with E-state index in [1.165, 1.54) is 0 Å². The molecule has 3 aromatic carbocycles. The highest BCUT2D eigenvalue weighted by Crippen LogP contribution is 2.34. The molecule has 2 nitrogen and oxygen atoms in total. The number of hydrogen-bond acceptors (Lipinski definition) is 2. The Hall–Kier alpha value is -1.43. The first-order valence-electron chi connectivity index (χ1n) is 7.57. The predicted molar refractivity (Wildman–Crippen MR) is 118 cm³/mol. The van der Waals surface area contributed by atoms with Gasteiger partial charge in [0.25, 0.3) is 0 Å². The Labute approximate surface area is 176 Å². The van der Waals surface area contributed by atoms with Crippen LogP contribution >= 0.6 is 58.8 Å². The van der Waals surface area contributed by atoms with Gasteiger partial charge in [-0.3, -0.25) is 0 Å². The van der Waals surface area contributed by atoms with E-state index in [2.05, 4.69) is 10.6 Å². The number of halogens is 3. The number of rotatable bonds is 4. The molecular formula is C19H13Cl3N2S2. The molecule has 0 aromatic heterocycles. The largest absolute Gasteiger partial charge is 0.332 e. The Bertz CT molecular complexity index is 930. The highest BCUT2D eigenvalue weighted by Gasteiger charge is 2.08. The van der Waals surface area contributed by atoms with Gasteiger partial charge in [-0.15, -0.1) is 0 Å². The number of para-hydroxylation sites is 1. The van der Waals surface area contributed by atoms with Crippen LogP contribution in [0.25, 0.3) is 0 Å². The normalized spacial score (nSPS) is 10.4. The molecule has 0 radical (unpaired) electrons. The quantitative estimate of drug-likeness (QED) is 0.408. The van der Waals surface area contributed by atoms with Crippen molar-refractivity contribution in [3.63, 3.8) is 0 Å². The molecule has 0 amide bonds. The lowest BCUT2D eigenvalue weighted by atomic mass is 10.3. The lowest BCUT2D eigenvalue weighted by molar-refractivity contribution is 1.40. The molecule has 3 aromatic rings. The Kier molecular flexibility index (Phi) is 6.68. The fourth-order valence-electron chi connectivity index (χ4n) is 2.16. The highest BCUT2D eigenvalue weighted by molar-refractivity contribution is 7.99. The van der Waals surface area contributed by atoms with Crippen molar-refractivity contribution in [3.8, 4) is 0 Å². The molecule has 0 aliphatic rings. The first kappa shape index (κ1) is 19.3. The molecule has 132 valence electrons. The molecule has 0 spiro atoms. The summed E-state index contributed by atoms with van der Waals surface area (Å²) in [5.74, 6) is 0. The lowest BCUT2D eigenvalue weighted by Crippen LogP contribution is -2.19. The van der Waals surface area contributed by atoms with Crippen molar-refractivity contribution < 1.29 is 0 Å². The van der Waals surface area contributed by atoms with Crippen LogP contribution in [-0.4, -0.2) is 5.11 Å². The number of nitrogens with one attached hydrogen (secondary N) is 2. The van der Waals surface area contributed by atoms with Gasteiger partial charge in [0.05, 0.1) is 16.4 Å². The van der Waals surface area contributed by atoms with E-state index in [0.29, 0.717) is 25.9 Å². The second kappa shape index (κ2) is 8.98. The van der Waals surface area contributed by atoms with Crippen LogP contribution in [0.1, 0.15) is 0 Å². The van der Waals surface area contributed by atoms with Crippen LogP contribution in [0, 0.1) is 0 Å². The van der Waals surface area contributed by atoms with Crippen molar-refractivity contribution >= 4 is 75.3 Å². The molecule has 3 rings (SSSR count). The van der Waals surface area contributed by atoms with Gasteiger partial charge >= 0.3 is 0 Å². The van der Waals surface area contributed by atoms with Crippen molar-refractivity contribution in [2.45, 2.75) is 9.79 Å². The molecule has 0 saturated heterocycles. The maximum absolute atomic E-state index is 6.18. The van der Waals surface area contributed by atoms with Gasteiger partial charge in [0.1, 0.15) is 0 Å². The van der Waals surface area contributed by atoms with Gasteiger partial charge in [-0.25, -0.2) is 0 Å². The fourth-order valence-corrected chi connectivity index (χ4v) is 3.86. The number of anilines is 2. The zero-order chi connectivity index (χ0) is 18.5. The van der Waals surface area contributed by atoms with Gasteiger partial charge in [0.2, 0.25) is 0 Å². The van der Waals surface area contributed by atoms with Gasteiger partial charge in [-0.05, 0) is 66.8 Å². The summed E-state index contributed by atoms with van der Waals surface area (Å²) >= 11 is 25.1. The Balaban J connectivity index is 1.73. The zero-order valence-electron chi connectivity index (χ0n) is 13.3. The first-order valence-corrected chi connectivity index (χ1v) is 9.92. The minimum Gasteiger partial charge on any atom is -0.332 e. The maximum atomic E-state index is 6.18. The van der Waals surface area contributed by atoms with Crippen LogP contribution < -0.4 is 10.6 Å². The van der Waals surface area contributed by atoms with E-state index in [4.69, 9.17) is 47.0 Å². The third-order valence-electron chi connectivity index (χ3n) is 3.36. The molecule has 2 N–H and O–H groups in total. The standard InChI is InChI=1S/C19H13Cl3N2S2/c20-12-5-8-14(9-6-12)26-18-4-2-1-3-17(18)24-19(25)23-16-10-7-13(21)11-15(16)22/h1-11H,(H2,23,24,25). The molecule has 0 aliphatic carbocycles. The Morgan fingerprint density at radius 2 is 1.42 bits per heavy atom. The molecule has 0 bridgehead atoms. The smallest absolute Gasteiger partial charge is 0.175 e. The van der Waals surface area contributed by atoms with Crippen LogP contribution in [0.3, 0.4) is 0 Å². The van der Waals surface area contributed by atoms with Gasteiger partial charge in [-0.1, -0.05) is 58.7 Å². The molecule has 26 heavy (non-hydrogen) atoms. The summed E-state index contributed by atoms with van der Waals surface area (Å²) in [6.07, 6.45) is 0. The summed E-state index contributed by atoms with van der Waals surface area (Å²) in [7, 11) is 0. The summed E-state index contributed by atoms with van der Waals surface area (Å²) in [5, 5.41) is 8.54. The van der Waals surface area contributed by atoms with Gasteiger partial charge < -0.3 is 10.6 Å². The van der Waals surface area contributed by atoms with E-state index in [-0.39, 0.29) is 0 Å². The second-order valence-electron chi connectivity index (χ2n) is 5.26. The summed E-state index contributed by atoms with van der Waals surface area (Å²) in [5.41, 5.74) is 1.59. The van der Waals surface area contributed by atoms with Gasteiger partial charge in [0, 0.05) is 19.8 Å². The highest BCUT2D eigenvalue weighted by atomic mass is 35.5. The first-order chi connectivity index (χ1) is 12.5. The topological polar surface area (TPSA) is 24.1 Å². The summed E-state index contributed by atoms with van der Waals surface area (Å²) in [6, 6.07) is 20.8. The molecular weight excluding hydrogens is 427 g/mol. The van der Waals surface area contributed by atoms with Crippen LogP contribution in [0.15, 0.2) is 76.5 Å². The van der Waals surface area contributed by atoms with Crippen LogP contribution in [0.4, 0.5) is 11.4 Å². The molecule has 0 aliphatic heterocycles. The van der Waals surface area contributed by atoms with Gasteiger partial charge in [0.15, 0.2) is 5.11 Å². The average molecular weight is 440 g/mol.